The lowest BCUT2D eigenvalue weighted by molar-refractivity contribution is -0.137. The van der Waals surface area contributed by atoms with E-state index in [4.69, 9.17) is 14.0 Å². The van der Waals surface area contributed by atoms with E-state index in [1.54, 1.807) is 13.0 Å². The van der Waals surface area contributed by atoms with Crippen LogP contribution in [0.25, 0.3) is 0 Å². The summed E-state index contributed by atoms with van der Waals surface area (Å²) in [6.45, 7) is 3.32. The number of carbonyl (C=O) groups is 2. The van der Waals surface area contributed by atoms with Gasteiger partial charge in [0.05, 0.1) is 24.9 Å². The van der Waals surface area contributed by atoms with Crippen molar-refractivity contribution in [1.29, 1.82) is 0 Å². The molecule has 2 fully saturated rings. The first-order valence-corrected chi connectivity index (χ1v) is 15.6. The molecule has 11 heteroatoms. The fraction of sp³-hybridized carbons (Fsp3) is 0.714. The molecular formula is C28H46N2O8S. The number of alkyl carbamates (subject to hydrolysis) is 1. The van der Waals surface area contributed by atoms with Crippen molar-refractivity contribution < 1.29 is 37.1 Å². The first-order valence-electron chi connectivity index (χ1n) is 13.8. The minimum atomic E-state index is -3.67. The molecule has 1 aromatic rings. The molecule has 3 N–H and O–H groups in total. The fourth-order valence-corrected chi connectivity index (χ4v) is 5.75. The minimum absolute atomic E-state index is 0.140. The largest absolute Gasteiger partial charge is 0.450 e. The molecule has 0 bridgehead atoms. The number of ether oxygens (including phenoxy) is 2. The van der Waals surface area contributed by atoms with Gasteiger partial charge in [0.15, 0.2) is 0 Å². The predicted molar refractivity (Wildman–Crippen MR) is 149 cm³/mol. The molecule has 10 nitrogen and oxygen atoms in total. The topological polar surface area (TPSA) is 142 Å². The predicted octanol–water partition coefficient (Wildman–Crippen LogP) is 4.12. The van der Waals surface area contributed by atoms with Crippen LogP contribution in [0.1, 0.15) is 76.7 Å². The first kappa shape index (κ1) is 33.0. The summed E-state index contributed by atoms with van der Waals surface area (Å²) in [6.07, 6.45) is 9.29. The Morgan fingerprint density at radius 2 is 1.74 bits per heavy atom. The van der Waals surface area contributed by atoms with Gasteiger partial charge in [0.25, 0.3) is 10.1 Å². The van der Waals surface area contributed by atoms with Crippen LogP contribution in [-0.2, 0) is 25.3 Å². The Kier molecular flexibility index (Phi) is 12.7. The van der Waals surface area contributed by atoms with Gasteiger partial charge in [-0.3, -0.25) is 9.35 Å². The third-order valence-electron chi connectivity index (χ3n) is 7.50. The van der Waals surface area contributed by atoms with Crippen LogP contribution in [0.15, 0.2) is 24.3 Å². The van der Waals surface area contributed by atoms with Crippen molar-refractivity contribution >= 4 is 22.2 Å². The number of amides is 1. The molecule has 0 aliphatic heterocycles. The van der Waals surface area contributed by atoms with Crippen LogP contribution in [-0.4, -0.2) is 75.1 Å². The molecule has 2 saturated carbocycles. The highest BCUT2D eigenvalue weighted by atomic mass is 32.2. The summed E-state index contributed by atoms with van der Waals surface area (Å²) < 4.78 is 36.7. The number of hydrogen-bond acceptors (Lipinski definition) is 8. The SMILES string of the molecule is CCOC(=O)NCC1(CC(=O)Oc2cccc([C@@]3(O)CCCC[C@@H]3CN(C)C)c2)CCCCC1.CS(=O)(=O)O. The second-order valence-corrected chi connectivity index (χ2v) is 12.6. The lowest BCUT2D eigenvalue weighted by Gasteiger charge is -2.41. The van der Waals surface area contributed by atoms with Crippen LogP contribution >= 0.6 is 0 Å². The lowest BCUT2D eigenvalue weighted by Crippen LogP contribution is -2.43. The summed E-state index contributed by atoms with van der Waals surface area (Å²) in [4.78, 5) is 27.0. The summed E-state index contributed by atoms with van der Waals surface area (Å²) in [6, 6.07) is 7.41. The van der Waals surface area contributed by atoms with Crippen LogP contribution in [0.5, 0.6) is 5.75 Å². The van der Waals surface area contributed by atoms with Crippen LogP contribution < -0.4 is 10.1 Å². The van der Waals surface area contributed by atoms with Crippen molar-refractivity contribution in [2.45, 2.75) is 76.7 Å². The third-order valence-corrected chi connectivity index (χ3v) is 7.50. The zero-order chi connectivity index (χ0) is 29.1. The number of nitrogens with one attached hydrogen (secondary N) is 1. The molecule has 1 amide bonds. The van der Waals surface area contributed by atoms with Gasteiger partial charge in [0.2, 0.25) is 0 Å². The van der Waals surface area contributed by atoms with Crippen LogP contribution in [0, 0.1) is 11.3 Å². The van der Waals surface area contributed by atoms with Gasteiger partial charge >= 0.3 is 12.1 Å². The molecule has 2 aliphatic carbocycles. The van der Waals surface area contributed by atoms with Crippen molar-refractivity contribution in [3.8, 4) is 5.75 Å². The molecule has 0 unspecified atom stereocenters. The molecular weight excluding hydrogens is 524 g/mol. The Balaban J connectivity index is 0.000000976. The molecule has 222 valence electrons. The van der Waals surface area contributed by atoms with Gasteiger partial charge in [-0.1, -0.05) is 44.2 Å². The van der Waals surface area contributed by atoms with Crippen molar-refractivity contribution in [2.24, 2.45) is 11.3 Å². The summed E-state index contributed by atoms with van der Waals surface area (Å²) in [5, 5.41) is 14.5. The van der Waals surface area contributed by atoms with E-state index in [1.165, 1.54) is 0 Å². The number of nitrogens with zero attached hydrogens (tertiary/aromatic N) is 1. The number of carbonyl (C=O) groups excluding carboxylic acids is 2. The van der Waals surface area contributed by atoms with Gasteiger partial charge in [-0.25, -0.2) is 4.79 Å². The van der Waals surface area contributed by atoms with Crippen LogP contribution in [0.4, 0.5) is 4.79 Å². The molecule has 2 aliphatic rings. The summed E-state index contributed by atoms with van der Waals surface area (Å²) in [5.41, 5.74) is -0.405. The molecule has 0 heterocycles. The van der Waals surface area contributed by atoms with E-state index in [0.717, 1.165) is 63.5 Å². The first-order chi connectivity index (χ1) is 18.3. The van der Waals surface area contributed by atoms with Gasteiger partial charge < -0.3 is 24.8 Å². The van der Waals surface area contributed by atoms with Crippen molar-refractivity contribution in [1.82, 2.24) is 10.2 Å². The number of benzene rings is 1. The second kappa shape index (κ2) is 15.0. The Morgan fingerprint density at radius 1 is 1.10 bits per heavy atom. The Labute approximate surface area is 233 Å². The van der Waals surface area contributed by atoms with E-state index in [0.29, 0.717) is 31.6 Å². The van der Waals surface area contributed by atoms with E-state index in [1.807, 2.05) is 32.3 Å². The van der Waals surface area contributed by atoms with E-state index >= 15 is 0 Å². The average molecular weight is 571 g/mol. The maximum Gasteiger partial charge on any atom is 0.407 e. The molecule has 2 atom stereocenters. The van der Waals surface area contributed by atoms with E-state index in [9.17, 15) is 23.1 Å². The van der Waals surface area contributed by atoms with Crippen molar-refractivity contribution in [3.05, 3.63) is 29.8 Å². The van der Waals surface area contributed by atoms with Gasteiger partial charge in [0, 0.05) is 19.0 Å². The lowest BCUT2D eigenvalue weighted by atomic mass is 9.71. The van der Waals surface area contributed by atoms with Crippen molar-refractivity contribution in [3.63, 3.8) is 0 Å². The zero-order valence-corrected chi connectivity index (χ0v) is 24.6. The van der Waals surface area contributed by atoms with E-state index in [-0.39, 0.29) is 23.7 Å². The summed E-state index contributed by atoms with van der Waals surface area (Å²) in [7, 11) is 0.399. The normalized spacial score (nSPS) is 22.8. The molecule has 0 saturated heterocycles. The molecule has 1 aromatic carbocycles. The Hall–Kier alpha value is -2.21. The smallest absolute Gasteiger partial charge is 0.407 e. The van der Waals surface area contributed by atoms with Crippen LogP contribution in [0.3, 0.4) is 0 Å². The Morgan fingerprint density at radius 3 is 2.36 bits per heavy atom. The minimum Gasteiger partial charge on any atom is -0.450 e. The highest BCUT2D eigenvalue weighted by Crippen LogP contribution is 2.43. The summed E-state index contributed by atoms with van der Waals surface area (Å²) >= 11 is 0. The Bertz CT molecular complexity index is 1030. The van der Waals surface area contributed by atoms with Crippen molar-refractivity contribution in [2.75, 3.05) is 40.0 Å². The molecule has 0 radical (unpaired) electrons. The maximum atomic E-state index is 13.0. The highest BCUT2D eigenvalue weighted by molar-refractivity contribution is 7.85. The quantitative estimate of drug-likeness (QED) is 0.227. The standard InChI is InChI=1S/C27H42N2O5.CH4O3S/c1-4-33-25(31)28-20-26(14-7-5-8-15-26)18-24(30)34-23-13-10-12-21(17-23)27(32)16-9-6-11-22(27)19-29(2)3;1-5(2,3)4/h10,12-13,17,22,32H,4-9,11,14-16,18-20H2,1-3H3,(H,28,31);1H3,(H,2,3,4)/t22-,27+;/m1./s1. The molecule has 39 heavy (non-hydrogen) atoms. The van der Waals surface area contributed by atoms with E-state index < -0.39 is 21.8 Å². The van der Waals surface area contributed by atoms with Gasteiger partial charge in [0.1, 0.15) is 5.75 Å². The number of esters is 1. The average Bonchev–Trinajstić information content (AvgIpc) is 2.84. The van der Waals surface area contributed by atoms with Gasteiger partial charge in [-0.2, -0.15) is 8.42 Å². The fourth-order valence-electron chi connectivity index (χ4n) is 5.75. The number of rotatable bonds is 9. The monoisotopic (exact) mass is 570 g/mol. The maximum absolute atomic E-state index is 13.0. The second-order valence-electron chi connectivity index (χ2n) is 11.2. The number of aliphatic hydroxyl groups is 1. The van der Waals surface area contributed by atoms with Gasteiger partial charge in [-0.05, 0) is 69.8 Å². The zero-order valence-electron chi connectivity index (χ0n) is 23.8. The van der Waals surface area contributed by atoms with Crippen LogP contribution in [0.2, 0.25) is 0 Å². The highest BCUT2D eigenvalue weighted by Gasteiger charge is 2.41. The molecule has 0 spiro atoms. The third kappa shape index (κ3) is 11.4. The summed E-state index contributed by atoms with van der Waals surface area (Å²) in [5.74, 6) is 0.307. The molecule has 3 rings (SSSR count). The number of hydrogen-bond donors (Lipinski definition) is 3. The van der Waals surface area contributed by atoms with E-state index in [2.05, 4.69) is 10.2 Å². The van der Waals surface area contributed by atoms with Gasteiger partial charge in [-0.15, -0.1) is 0 Å². The molecule has 0 aromatic heterocycles.